The fourth-order valence-corrected chi connectivity index (χ4v) is 3.67. The van der Waals surface area contributed by atoms with Gasteiger partial charge >= 0.3 is 0 Å². The number of nitrogens with zero attached hydrogens (tertiary/aromatic N) is 1. The first-order valence-corrected chi connectivity index (χ1v) is 10.2. The van der Waals surface area contributed by atoms with Crippen LogP contribution in [0.5, 0.6) is 17.2 Å². The lowest BCUT2D eigenvalue weighted by atomic mass is 10.00. The van der Waals surface area contributed by atoms with Gasteiger partial charge in [-0.2, -0.15) is 0 Å². The molecule has 1 heterocycles. The van der Waals surface area contributed by atoms with E-state index in [4.69, 9.17) is 18.7 Å². The van der Waals surface area contributed by atoms with Crippen molar-refractivity contribution in [2.75, 3.05) is 27.9 Å². The van der Waals surface area contributed by atoms with Crippen molar-refractivity contribution in [3.05, 3.63) is 59.8 Å². The van der Waals surface area contributed by atoms with Crippen LogP contribution >= 0.6 is 0 Å². The molecule has 7 nitrogen and oxygen atoms in total. The average Bonchev–Trinajstić information content (AvgIpc) is 3.48. The fourth-order valence-electron chi connectivity index (χ4n) is 3.67. The van der Waals surface area contributed by atoms with E-state index in [1.165, 1.54) is 0 Å². The Bertz CT molecular complexity index is 1070. The minimum Gasteiger partial charge on any atom is -0.497 e. The van der Waals surface area contributed by atoms with Gasteiger partial charge in [-0.1, -0.05) is 17.3 Å². The zero-order chi connectivity index (χ0) is 21.8. The van der Waals surface area contributed by atoms with E-state index in [0.29, 0.717) is 29.5 Å². The summed E-state index contributed by atoms with van der Waals surface area (Å²) in [4.78, 5) is 12.9. The highest BCUT2D eigenvalue weighted by Gasteiger charge is 2.53. The molecule has 4 rings (SSSR count). The van der Waals surface area contributed by atoms with Gasteiger partial charge in [0.05, 0.1) is 32.4 Å². The standard InChI is InChI=1S/C24H26N2O5/c1-28-18-6-4-5-16(13-18)9-12-25-23(27)24(10-11-24)22-15-20(31-26-22)17-7-8-19(29-2)21(14-17)30-3/h4-8,13-15H,9-12H2,1-3H3,(H,25,27). The number of ether oxygens (including phenoxy) is 3. The predicted octanol–water partition coefficient (Wildman–Crippen LogP) is 3.76. The van der Waals surface area contributed by atoms with Crippen LogP contribution in [0.25, 0.3) is 11.3 Å². The van der Waals surface area contributed by atoms with Crippen molar-refractivity contribution in [3.63, 3.8) is 0 Å². The smallest absolute Gasteiger partial charge is 0.232 e. The van der Waals surface area contributed by atoms with Crippen LogP contribution in [0.1, 0.15) is 24.1 Å². The molecule has 31 heavy (non-hydrogen) atoms. The summed E-state index contributed by atoms with van der Waals surface area (Å²) in [7, 11) is 4.82. The monoisotopic (exact) mass is 422 g/mol. The number of amides is 1. The van der Waals surface area contributed by atoms with Crippen molar-refractivity contribution in [2.45, 2.75) is 24.7 Å². The molecule has 0 unspecified atom stereocenters. The van der Waals surface area contributed by atoms with Crippen LogP contribution in [0.2, 0.25) is 0 Å². The zero-order valence-electron chi connectivity index (χ0n) is 17.9. The van der Waals surface area contributed by atoms with E-state index < -0.39 is 5.41 Å². The summed E-state index contributed by atoms with van der Waals surface area (Å²) >= 11 is 0. The lowest BCUT2D eigenvalue weighted by molar-refractivity contribution is -0.123. The molecule has 1 aliphatic carbocycles. The maximum Gasteiger partial charge on any atom is 0.232 e. The molecule has 0 spiro atoms. The summed E-state index contributed by atoms with van der Waals surface area (Å²) in [5.41, 5.74) is 1.98. The van der Waals surface area contributed by atoms with Gasteiger partial charge in [-0.25, -0.2) is 0 Å². The Balaban J connectivity index is 1.42. The third-order valence-electron chi connectivity index (χ3n) is 5.69. The molecule has 1 amide bonds. The molecule has 2 aromatic carbocycles. The molecule has 1 fully saturated rings. The minimum absolute atomic E-state index is 0.0115. The normalized spacial score (nSPS) is 14.0. The van der Waals surface area contributed by atoms with Gasteiger partial charge in [-0.05, 0) is 55.2 Å². The van der Waals surface area contributed by atoms with Gasteiger partial charge in [0.2, 0.25) is 5.91 Å². The topological polar surface area (TPSA) is 82.8 Å². The number of methoxy groups -OCH3 is 3. The van der Waals surface area contributed by atoms with Crippen molar-refractivity contribution in [1.29, 1.82) is 0 Å². The number of carbonyl (C=O) groups excluding carboxylic acids is 1. The zero-order valence-corrected chi connectivity index (χ0v) is 17.9. The average molecular weight is 422 g/mol. The molecule has 0 bridgehead atoms. The summed E-state index contributed by atoms with van der Waals surface area (Å²) in [6.45, 7) is 0.550. The lowest BCUT2D eigenvalue weighted by Gasteiger charge is -2.12. The first kappa shape index (κ1) is 20.8. The van der Waals surface area contributed by atoms with E-state index in [9.17, 15) is 4.79 Å². The molecule has 1 aromatic heterocycles. The fraction of sp³-hybridized carbons (Fsp3) is 0.333. The maximum atomic E-state index is 12.9. The van der Waals surface area contributed by atoms with Crippen LogP contribution in [0, 0.1) is 0 Å². The number of aromatic nitrogens is 1. The van der Waals surface area contributed by atoms with Crippen LogP contribution < -0.4 is 19.5 Å². The van der Waals surface area contributed by atoms with Crippen molar-refractivity contribution in [3.8, 4) is 28.6 Å². The summed E-state index contributed by atoms with van der Waals surface area (Å²) in [5, 5.41) is 7.26. The Morgan fingerprint density at radius 2 is 1.84 bits per heavy atom. The second-order valence-corrected chi connectivity index (χ2v) is 7.59. The van der Waals surface area contributed by atoms with Crippen LogP contribution in [0.3, 0.4) is 0 Å². The van der Waals surface area contributed by atoms with Gasteiger partial charge < -0.3 is 24.1 Å². The Hall–Kier alpha value is -3.48. The molecule has 1 aliphatic rings. The van der Waals surface area contributed by atoms with E-state index in [0.717, 1.165) is 36.1 Å². The number of benzene rings is 2. The molecular weight excluding hydrogens is 396 g/mol. The maximum absolute atomic E-state index is 12.9. The Labute approximate surface area is 181 Å². The highest BCUT2D eigenvalue weighted by molar-refractivity contribution is 5.91. The number of hydrogen-bond acceptors (Lipinski definition) is 6. The van der Waals surface area contributed by atoms with E-state index >= 15 is 0 Å². The molecule has 7 heteroatoms. The highest BCUT2D eigenvalue weighted by Crippen LogP contribution is 2.48. The summed E-state index contributed by atoms with van der Waals surface area (Å²) in [5.74, 6) is 2.64. The van der Waals surface area contributed by atoms with Crippen molar-refractivity contribution >= 4 is 5.91 Å². The van der Waals surface area contributed by atoms with E-state index in [1.54, 1.807) is 21.3 Å². The van der Waals surface area contributed by atoms with E-state index in [1.807, 2.05) is 48.5 Å². The van der Waals surface area contributed by atoms with Crippen molar-refractivity contribution < 1.29 is 23.5 Å². The first-order chi connectivity index (χ1) is 15.1. The molecule has 0 saturated heterocycles. The number of hydrogen-bond donors (Lipinski definition) is 1. The molecule has 0 aliphatic heterocycles. The largest absolute Gasteiger partial charge is 0.497 e. The summed E-state index contributed by atoms with van der Waals surface area (Å²) < 4.78 is 21.4. The molecule has 0 radical (unpaired) electrons. The molecule has 3 aromatic rings. The van der Waals surface area contributed by atoms with Crippen LogP contribution in [-0.4, -0.2) is 38.9 Å². The second kappa shape index (κ2) is 8.71. The van der Waals surface area contributed by atoms with Crippen LogP contribution in [-0.2, 0) is 16.6 Å². The second-order valence-electron chi connectivity index (χ2n) is 7.59. The molecule has 0 atom stereocenters. The number of rotatable bonds is 9. The highest BCUT2D eigenvalue weighted by atomic mass is 16.5. The van der Waals surface area contributed by atoms with Crippen LogP contribution in [0.4, 0.5) is 0 Å². The van der Waals surface area contributed by atoms with Gasteiger partial charge in [-0.3, -0.25) is 4.79 Å². The third kappa shape index (κ3) is 4.21. The van der Waals surface area contributed by atoms with E-state index in [2.05, 4.69) is 10.5 Å². The van der Waals surface area contributed by atoms with Crippen molar-refractivity contribution in [2.24, 2.45) is 0 Å². The summed E-state index contributed by atoms with van der Waals surface area (Å²) in [6, 6.07) is 15.2. The SMILES string of the molecule is COc1cccc(CCNC(=O)C2(c3cc(-c4ccc(OC)c(OC)c4)on3)CC2)c1. The van der Waals surface area contributed by atoms with E-state index in [-0.39, 0.29) is 5.91 Å². The third-order valence-corrected chi connectivity index (χ3v) is 5.69. The quantitative estimate of drug-likeness (QED) is 0.565. The molecular formula is C24H26N2O5. The molecule has 1 saturated carbocycles. The Morgan fingerprint density at radius 1 is 1.03 bits per heavy atom. The van der Waals surface area contributed by atoms with Gasteiger partial charge in [0.25, 0.3) is 0 Å². The van der Waals surface area contributed by atoms with Gasteiger partial charge in [0, 0.05) is 18.2 Å². The van der Waals surface area contributed by atoms with Crippen molar-refractivity contribution in [1.82, 2.24) is 10.5 Å². The van der Waals surface area contributed by atoms with Gasteiger partial charge in [0.1, 0.15) is 5.75 Å². The Kier molecular flexibility index (Phi) is 5.84. The Morgan fingerprint density at radius 3 is 2.55 bits per heavy atom. The number of carbonyl (C=O) groups is 1. The van der Waals surface area contributed by atoms with Crippen LogP contribution in [0.15, 0.2) is 53.1 Å². The summed E-state index contributed by atoms with van der Waals surface area (Å²) in [6.07, 6.45) is 2.25. The minimum atomic E-state index is -0.604. The molecule has 1 N–H and O–H groups in total. The predicted molar refractivity (Wildman–Crippen MR) is 116 cm³/mol. The number of nitrogens with one attached hydrogen (secondary N) is 1. The first-order valence-electron chi connectivity index (χ1n) is 10.2. The van der Waals surface area contributed by atoms with Gasteiger partial charge in [0.15, 0.2) is 17.3 Å². The lowest BCUT2D eigenvalue weighted by Crippen LogP contribution is -2.36. The van der Waals surface area contributed by atoms with Gasteiger partial charge in [-0.15, -0.1) is 0 Å². The molecule has 162 valence electrons.